The van der Waals surface area contributed by atoms with E-state index in [2.05, 4.69) is 10.0 Å². The van der Waals surface area contributed by atoms with Crippen molar-refractivity contribution >= 4 is 40.1 Å². The number of amides is 1. The van der Waals surface area contributed by atoms with Gasteiger partial charge in [0.25, 0.3) is 0 Å². The number of nitrogens with zero attached hydrogens (tertiary/aromatic N) is 1. The van der Waals surface area contributed by atoms with Gasteiger partial charge < -0.3 is 10.2 Å². The summed E-state index contributed by atoms with van der Waals surface area (Å²) >= 11 is 1.61. The number of hydrogen-bond donors (Lipinski definition) is 2. The number of rotatable bonds is 8. The second-order valence-corrected chi connectivity index (χ2v) is 9.36. The average Bonchev–Trinajstić information content (AvgIpc) is 2.65. The number of carbonyl (C=O) groups is 1. The van der Waals surface area contributed by atoms with E-state index < -0.39 is 16.1 Å². The monoisotopic (exact) mass is 435 g/mol. The molecule has 1 aromatic carbocycles. The van der Waals surface area contributed by atoms with Crippen LogP contribution in [0.15, 0.2) is 29.2 Å². The third-order valence-electron chi connectivity index (χ3n) is 4.75. The van der Waals surface area contributed by atoms with E-state index in [4.69, 9.17) is 0 Å². The second kappa shape index (κ2) is 11.3. The van der Waals surface area contributed by atoms with E-state index in [0.717, 1.165) is 24.2 Å². The number of halogens is 1. The molecule has 9 heteroatoms. The van der Waals surface area contributed by atoms with Crippen molar-refractivity contribution in [3.05, 3.63) is 29.8 Å². The Morgan fingerprint density at radius 1 is 1.26 bits per heavy atom. The standard InChI is InChI=1S/C18H29N3O3S2.ClH/c1-14-4-6-16(7-5-14)26(23,24)20-17(10-13-25-3)18(22)21-11-8-15(19-2)9-12-21;/h4-7,15,17,19-20H,8-13H2,1-3H3;1H. The molecule has 1 fully saturated rings. The summed E-state index contributed by atoms with van der Waals surface area (Å²) in [7, 11) is -1.80. The van der Waals surface area contributed by atoms with Crippen LogP contribution >= 0.6 is 24.2 Å². The molecule has 0 aromatic heterocycles. The van der Waals surface area contributed by atoms with Crippen LogP contribution in [0.2, 0.25) is 0 Å². The lowest BCUT2D eigenvalue weighted by Crippen LogP contribution is -2.52. The number of thioether (sulfide) groups is 1. The summed E-state index contributed by atoms with van der Waals surface area (Å²) in [4.78, 5) is 14.9. The van der Waals surface area contributed by atoms with E-state index in [-0.39, 0.29) is 23.2 Å². The molecule has 1 aliphatic rings. The van der Waals surface area contributed by atoms with Gasteiger partial charge in [0.15, 0.2) is 0 Å². The van der Waals surface area contributed by atoms with Gasteiger partial charge >= 0.3 is 0 Å². The summed E-state index contributed by atoms with van der Waals surface area (Å²) < 4.78 is 28.0. The molecule has 27 heavy (non-hydrogen) atoms. The molecule has 154 valence electrons. The first-order valence-electron chi connectivity index (χ1n) is 8.91. The molecule has 0 spiro atoms. The van der Waals surface area contributed by atoms with E-state index in [9.17, 15) is 13.2 Å². The zero-order chi connectivity index (χ0) is 19.2. The Hall–Kier alpha value is -0.800. The highest BCUT2D eigenvalue weighted by Crippen LogP contribution is 2.16. The van der Waals surface area contributed by atoms with E-state index in [1.165, 1.54) is 0 Å². The molecule has 2 N–H and O–H groups in total. The first kappa shape index (κ1) is 24.2. The lowest BCUT2D eigenvalue weighted by Gasteiger charge is -2.34. The molecule has 1 aromatic rings. The summed E-state index contributed by atoms with van der Waals surface area (Å²) in [6, 6.07) is 6.37. The third kappa shape index (κ3) is 6.94. The third-order valence-corrected chi connectivity index (χ3v) is 6.88. The van der Waals surface area contributed by atoms with Crippen molar-refractivity contribution in [3.63, 3.8) is 0 Å². The molecule has 6 nitrogen and oxygen atoms in total. The van der Waals surface area contributed by atoms with Gasteiger partial charge in [-0.3, -0.25) is 4.79 Å². The number of sulfonamides is 1. The van der Waals surface area contributed by atoms with Gasteiger partial charge in [0.05, 0.1) is 4.90 Å². The van der Waals surface area contributed by atoms with Crippen LogP contribution in [0.3, 0.4) is 0 Å². The zero-order valence-electron chi connectivity index (χ0n) is 16.1. The van der Waals surface area contributed by atoms with Crippen LogP contribution in [-0.2, 0) is 14.8 Å². The van der Waals surface area contributed by atoms with Gasteiger partial charge in [0.2, 0.25) is 15.9 Å². The molecule has 0 aliphatic carbocycles. The zero-order valence-corrected chi connectivity index (χ0v) is 18.6. The molecule has 1 saturated heterocycles. The predicted octanol–water partition coefficient (Wildman–Crippen LogP) is 2.03. The summed E-state index contributed by atoms with van der Waals surface area (Å²) in [5.74, 6) is 0.601. The lowest BCUT2D eigenvalue weighted by molar-refractivity contribution is -0.134. The molecule has 1 atom stereocenters. The quantitative estimate of drug-likeness (QED) is 0.653. The van der Waals surface area contributed by atoms with Crippen molar-refractivity contribution in [2.75, 3.05) is 32.1 Å². The fourth-order valence-corrected chi connectivity index (χ4v) is 4.75. The number of hydrogen-bond acceptors (Lipinski definition) is 5. The topological polar surface area (TPSA) is 78.5 Å². The van der Waals surface area contributed by atoms with Gasteiger partial charge in [-0.2, -0.15) is 16.5 Å². The summed E-state index contributed by atoms with van der Waals surface area (Å²) in [6.45, 7) is 3.22. The molecule has 0 radical (unpaired) electrons. The van der Waals surface area contributed by atoms with E-state index >= 15 is 0 Å². The molecule has 1 aliphatic heterocycles. The average molecular weight is 436 g/mol. The summed E-state index contributed by atoms with van der Waals surface area (Å²) in [5.41, 5.74) is 0.992. The minimum atomic E-state index is -3.72. The first-order chi connectivity index (χ1) is 12.4. The Kier molecular flexibility index (Phi) is 10.1. The number of likely N-dealkylation sites (tertiary alicyclic amines) is 1. The van der Waals surface area contributed by atoms with E-state index in [0.29, 0.717) is 25.6 Å². The highest BCUT2D eigenvalue weighted by Gasteiger charge is 2.31. The van der Waals surface area contributed by atoms with Gasteiger partial charge in [-0.1, -0.05) is 17.7 Å². The number of aryl methyl sites for hydroxylation is 1. The molecular formula is C18H30ClN3O3S2. The van der Waals surface area contributed by atoms with Gasteiger partial charge in [0.1, 0.15) is 6.04 Å². The van der Waals surface area contributed by atoms with Crippen LogP contribution in [0, 0.1) is 6.92 Å². The van der Waals surface area contributed by atoms with Crippen LogP contribution in [0.1, 0.15) is 24.8 Å². The van der Waals surface area contributed by atoms with Crippen molar-refractivity contribution in [2.24, 2.45) is 0 Å². The Balaban J connectivity index is 0.00000364. The maximum Gasteiger partial charge on any atom is 0.241 e. The molecule has 0 bridgehead atoms. The minimum absolute atomic E-state index is 0. The van der Waals surface area contributed by atoms with Gasteiger partial charge in [-0.05, 0) is 57.4 Å². The summed E-state index contributed by atoms with van der Waals surface area (Å²) in [5, 5.41) is 3.24. The normalized spacial score (nSPS) is 16.6. The molecule has 1 heterocycles. The van der Waals surface area contributed by atoms with Crippen LogP contribution < -0.4 is 10.0 Å². The Morgan fingerprint density at radius 2 is 1.85 bits per heavy atom. The highest BCUT2D eigenvalue weighted by molar-refractivity contribution is 7.98. The fraction of sp³-hybridized carbons (Fsp3) is 0.611. The van der Waals surface area contributed by atoms with Crippen molar-refractivity contribution in [2.45, 2.75) is 43.2 Å². The van der Waals surface area contributed by atoms with Crippen molar-refractivity contribution in [3.8, 4) is 0 Å². The Labute approximate surface area is 173 Å². The molecule has 1 amide bonds. The predicted molar refractivity (Wildman–Crippen MR) is 114 cm³/mol. The van der Waals surface area contributed by atoms with Crippen molar-refractivity contribution in [1.29, 1.82) is 0 Å². The highest BCUT2D eigenvalue weighted by atomic mass is 35.5. The van der Waals surface area contributed by atoms with E-state index in [1.807, 2.05) is 20.2 Å². The minimum Gasteiger partial charge on any atom is -0.341 e. The van der Waals surface area contributed by atoms with Crippen molar-refractivity contribution in [1.82, 2.24) is 14.9 Å². The lowest BCUT2D eigenvalue weighted by atomic mass is 10.0. The smallest absolute Gasteiger partial charge is 0.241 e. The van der Waals surface area contributed by atoms with E-state index in [1.54, 1.807) is 40.9 Å². The SMILES string of the molecule is CNC1CCN(C(=O)C(CCSC)NS(=O)(=O)c2ccc(C)cc2)CC1.Cl. The van der Waals surface area contributed by atoms with Crippen molar-refractivity contribution < 1.29 is 13.2 Å². The Bertz CT molecular complexity index is 690. The number of piperidine rings is 1. The summed E-state index contributed by atoms with van der Waals surface area (Å²) in [6.07, 6.45) is 4.22. The molecule has 1 unspecified atom stereocenters. The maximum absolute atomic E-state index is 12.9. The molecule has 0 saturated carbocycles. The fourth-order valence-electron chi connectivity index (χ4n) is 3.05. The van der Waals surface area contributed by atoms with Crippen LogP contribution in [0.4, 0.5) is 0 Å². The first-order valence-corrected chi connectivity index (χ1v) is 11.8. The van der Waals surface area contributed by atoms with Crippen LogP contribution in [0.5, 0.6) is 0 Å². The van der Waals surface area contributed by atoms with Gasteiger partial charge in [-0.15, -0.1) is 12.4 Å². The number of benzene rings is 1. The number of nitrogens with one attached hydrogen (secondary N) is 2. The number of carbonyl (C=O) groups excluding carboxylic acids is 1. The van der Waals surface area contributed by atoms with Crippen LogP contribution in [-0.4, -0.2) is 63.5 Å². The Morgan fingerprint density at radius 3 is 2.37 bits per heavy atom. The maximum atomic E-state index is 12.9. The molecule has 2 rings (SSSR count). The van der Waals surface area contributed by atoms with Gasteiger partial charge in [0, 0.05) is 19.1 Å². The largest absolute Gasteiger partial charge is 0.341 e. The van der Waals surface area contributed by atoms with Crippen LogP contribution in [0.25, 0.3) is 0 Å². The second-order valence-electron chi connectivity index (χ2n) is 6.66. The van der Waals surface area contributed by atoms with Gasteiger partial charge in [-0.25, -0.2) is 8.42 Å². The molecular weight excluding hydrogens is 406 g/mol.